The van der Waals surface area contributed by atoms with Crippen LogP contribution in [0, 0.1) is 0 Å². The number of hydrogen-bond acceptors (Lipinski definition) is 5. The summed E-state index contributed by atoms with van der Waals surface area (Å²) >= 11 is 0. The monoisotopic (exact) mass is 380 g/mol. The summed E-state index contributed by atoms with van der Waals surface area (Å²) in [4.78, 5) is 19.5. The predicted octanol–water partition coefficient (Wildman–Crippen LogP) is 1.89. The van der Waals surface area contributed by atoms with E-state index >= 15 is 0 Å². The fourth-order valence-electron chi connectivity index (χ4n) is 4.14. The van der Waals surface area contributed by atoms with Crippen LogP contribution in [-0.2, 0) is 4.74 Å². The van der Waals surface area contributed by atoms with Crippen molar-refractivity contribution in [1.82, 2.24) is 24.5 Å². The van der Waals surface area contributed by atoms with Crippen LogP contribution in [0.25, 0.3) is 5.52 Å². The number of carbonyl (C=O) groups is 1. The largest absolute Gasteiger partial charge is 0.381 e. The van der Waals surface area contributed by atoms with Gasteiger partial charge >= 0.3 is 0 Å². The summed E-state index contributed by atoms with van der Waals surface area (Å²) in [5.74, 6) is 0.861. The second-order valence-electron chi connectivity index (χ2n) is 7.48. The molecule has 8 heteroatoms. The SMILES string of the molecule is O=C(N[C@@H]1CCN(c2nccn3cccc23)C1)c1ccn(C2CCOCC2)n1. The zero-order chi connectivity index (χ0) is 18.9. The predicted molar refractivity (Wildman–Crippen MR) is 105 cm³/mol. The van der Waals surface area contributed by atoms with Gasteiger partial charge in [0.25, 0.3) is 5.91 Å². The molecule has 3 aromatic rings. The summed E-state index contributed by atoms with van der Waals surface area (Å²) in [5.41, 5.74) is 1.57. The van der Waals surface area contributed by atoms with Crippen molar-refractivity contribution in [3.05, 3.63) is 48.7 Å². The average Bonchev–Trinajstić information content (AvgIpc) is 3.48. The molecule has 0 saturated carbocycles. The van der Waals surface area contributed by atoms with Gasteiger partial charge in [-0.25, -0.2) is 4.98 Å². The van der Waals surface area contributed by atoms with Crippen LogP contribution in [-0.4, -0.2) is 57.4 Å². The fraction of sp³-hybridized carbons (Fsp3) is 0.450. The zero-order valence-electron chi connectivity index (χ0n) is 15.7. The van der Waals surface area contributed by atoms with E-state index in [9.17, 15) is 4.79 Å². The van der Waals surface area contributed by atoms with E-state index in [4.69, 9.17) is 4.74 Å². The van der Waals surface area contributed by atoms with E-state index in [-0.39, 0.29) is 11.9 Å². The van der Waals surface area contributed by atoms with Crippen LogP contribution in [0.4, 0.5) is 5.82 Å². The lowest BCUT2D eigenvalue weighted by Crippen LogP contribution is -2.37. The molecule has 3 aromatic heterocycles. The molecule has 0 aliphatic carbocycles. The summed E-state index contributed by atoms with van der Waals surface area (Å²) in [6.45, 7) is 3.14. The minimum atomic E-state index is -0.105. The molecule has 5 heterocycles. The van der Waals surface area contributed by atoms with Gasteiger partial charge in [-0.05, 0) is 37.5 Å². The highest BCUT2D eigenvalue weighted by Crippen LogP contribution is 2.24. The topological polar surface area (TPSA) is 76.7 Å². The highest BCUT2D eigenvalue weighted by atomic mass is 16.5. The van der Waals surface area contributed by atoms with E-state index in [0.717, 1.165) is 56.9 Å². The molecule has 0 aromatic carbocycles. The molecule has 2 fully saturated rings. The summed E-state index contributed by atoms with van der Waals surface area (Å²) in [6.07, 6.45) is 10.5. The lowest BCUT2D eigenvalue weighted by molar-refractivity contribution is 0.0660. The second kappa shape index (κ2) is 7.27. The van der Waals surface area contributed by atoms with E-state index in [1.165, 1.54) is 0 Å². The van der Waals surface area contributed by atoms with Gasteiger partial charge in [0.05, 0.1) is 11.6 Å². The molecular formula is C20H24N6O2. The van der Waals surface area contributed by atoms with Crippen LogP contribution in [0.3, 0.4) is 0 Å². The maximum atomic E-state index is 12.7. The van der Waals surface area contributed by atoms with Crippen molar-refractivity contribution in [3.8, 4) is 0 Å². The first-order valence-corrected chi connectivity index (χ1v) is 9.88. The quantitative estimate of drug-likeness (QED) is 0.748. The van der Waals surface area contributed by atoms with Gasteiger partial charge in [0, 0.05) is 57.1 Å². The lowest BCUT2D eigenvalue weighted by atomic mass is 10.1. The molecule has 5 rings (SSSR count). The van der Waals surface area contributed by atoms with Crippen LogP contribution < -0.4 is 10.2 Å². The molecule has 0 radical (unpaired) electrons. The van der Waals surface area contributed by atoms with Crippen LogP contribution in [0.1, 0.15) is 35.8 Å². The maximum absolute atomic E-state index is 12.7. The standard InChI is InChI=1S/C20H24N6O2/c27-20(17-4-10-26(23-17)16-5-12-28-13-6-16)22-15-3-9-25(14-15)19-18-2-1-8-24(18)11-7-21-19/h1-2,4,7-8,10-11,15-16H,3,5-6,9,12-14H2,(H,22,27)/t15-/m1/s1. The van der Waals surface area contributed by atoms with Crippen molar-refractivity contribution in [1.29, 1.82) is 0 Å². The summed E-state index contributed by atoms with van der Waals surface area (Å²) in [6, 6.07) is 6.31. The number of nitrogens with zero attached hydrogens (tertiary/aromatic N) is 5. The Hall–Kier alpha value is -2.87. The van der Waals surface area contributed by atoms with Gasteiger partial charge in [-0.15, -0.1) is 0 Å². The first-order chi connectivity index (χ1) is 13.8. The van der Waals surface area contributed by atoms with Gasteiger partial charge in [-0.3, -0.25) is 9.48 Å². The van der Waals surface area contributed by atoms with Crippen molar-refractivity contribution in [2.45, 2.75) is 31.3 Å². The minimum absolute atomic E-state index is 0.0951. The normalized spacial score (nSPS) is 20.7. The van der Waals surface area contributed by atoms with Crippen LogP contribution in [0.2, 0.25) is 0 Å². The first-order valence-electron chi connectivity index (χ1n) is 9.88. The lowest BCUT2D eigenvalue weighted by Gasteiger charge is -2.22. The number of hydrogen-bond donors (Lipinski definition) is 1. The van der Waals surface area contributed by atoms with E-state index in [2.05, 4.69) is 30.8 Å². The number of fused-ring (bicyclic) bond motifs is 1. The van der Waals surface area contributed by atoms with Crippen molar-refractivity contribution >= 4 is 17.2 Å². The molecule has 0 bridgehead atoms. The van der Waals surface area contributed by atoms with Gasteiger partial charge in [0.1, 0.15) is 5.69 Å². The molecule has 2 saturated heterocycles. The zero-order valence-corrected chi connectivity index (χ0v) is 15.7. The van der Waals surface area contributed by atoms with Crippen molar-refractivity contribution in [2.24, 2.45) is 0 Å². The van der Waals surface area contributed by atoms with Crippen LogP contribution in [0.15, 0.2) is 43.0 Å². The Kier molecular flexibility index (Phi) is 4.48. The Morgan fingerprint density at radius 1 is 1.14 bits per heavy atom. The minimum Gasteiger partial charge on any atom is -0.381 e. The van der Waals surface area contributed by atoms with Crippen LogP contribution in [0.5, 0.6) is 0 Å². The summed E-state index contributed by atoms with van der Waals surface area (Å²) in [5, 5.41) is 7.64. The molecule has 2 aliphatic heterocycles. The van der Waals surface area contributed by atoms with Gasteiger partial charge in [0.15, 0.2) is 5.82 Å². The molecular weight excluding hydrogens is 356 g/mol. The van der Waals surface area contributed by atoms with E-state index in [1.807, 2.05) is 35.5 Å². The summed E-state index contributed by atoms with van der Waals surface area (Å²) in [7, 11) is 0. The number of rotatable bonds is 4. The molecule has 1 atom stereocenters. The Labute approximate surface area is 163 Å². The van der Waals surface area contributed by atoms with Gasteiger partial charge in [-0.2, -0.15) is 5.10 Å². The molecule has 8 nitrogen and oxygen atoms in total. The second-order valence-corrected chi connectivity index (χ2v) is 7.48. The van der Waals surface area contributed by atoms with E-state index < -0.39 is 0 Å². The van der Waals surface area contributed by atoms with Gasteiger partial charge in [0.2, 0.25) is 0 Å². The van der Waals surface area contributed by atoms with Crippen molar-refractivity contribution < 1.29 is 9.53 Å². The number of amides is 1. The molecule has 0 unspecified atom stereocenters. The number of anilines is 1. The Bertz CT molecular complexity index is 974. The average molecular weight is 380 g/mol. The highest BCUT2D eigenvalue weighted by molar-refractivity contribution is 5.92. The molecule has 146 valence electrons. The third-order valence-corrected chi connectivity index (χ3v) is 5.66. The smallest absolute Gasteiger partial charge is 0.272 e. The molecule has 1 N–H and O–H groups in total. The molecule has 28 heavy (non-hydrogen) atoms. The number of nitrogens with one attached hydrogen (secondary N) is 1. The van der Waals surface area contributed by atoms with E-state index in [1.54, 1.807) is 6.07 Å². The third kappa shape index (κ3) is 3.24. The highest BCUT2D eigenvalue weighted by Gasteiger charge is 2.27. The number of aromatic nitrogens is 4. The molecule has 0 spiro atoms. The number of ether oxygens (including phenoxy) is 1. The Morgan fingerprint density at radius 3 is 2.93 bits per heavy atom. The van der Waals surface area contributed by atoms with Crippen molar-refractivity contribution in [3.63, 3.8) is 0 Å². The maximum Gasteiger partial charge on any atom is 0.272 e. The van der Waals surface area contributed by atoms with Crippen molar-refractivity contribution in [2.75, 3.05) is 31.2 Å². The summed E-state index contributed by atoms with van der Waals surface area (Å²) < 4.78 is 9.38. The van der Waals surface area contributed by atoms with E-state index in [0.29, 0.717) is 11.7 Å². The van der Waals surface area contributed by atoms with Gasteiger partial charge < -0.3 is 19.4 Å². The van der Waals surface area contributed by atoms with Crippen LogP contribution >= 0.6 is 0 Å². The molecule has 2 aliphatic rings. The Balaban J connectivity index is 1.23. The Morgan fingerprint density at radius 2 is 2.04 bits per heavy atom. The third-order valence-electron chi connectivity index (χ3n) is 5.66. The first kappa shape index (κ1) is 17.2. The number of carbonyl (C=O) groups excluding carboxylic acids is 1. The molecule has 1 amide bonds. The van der Waals surface area contributed by atoms with Gasteiger partial charge in [-0.1, -0.05) is 0 Å². The fourth-order valence-corrected chi connectivity index (χ4v) is 4.14.